The third-order valence-electron chi connectivity index (χ3n) is 3.28. The van der Waals surface area contributed by atoms with Gasteiger partial charge in [0, 0.05) is 17.3 Å². The van der Waals surface area contributed by atoms with Gasteiger partial charge in [-0.25, -0.2) is 13.1 Å². The van der Waals surface area contributed by atoms with Gasteiger partial charge in [-0.2, -0.15) is 11.8 Å². The monoisotopic (exact) mass is 308 g/mol. The molecule has 0 spiro atoms. The molecule has 114 valence electrons. The Bertz CT molecular complexity index is 345. The molecule has 6 heteroatoms. The second-order valence-electron chi connectivity index (χ2n) is 5.49. The van der Waals surface area contributed by atoms with Crippen LogP contribution in [0.25, 0.3) is 0 Å². The van der Waals surface area contributed by atoms with Gasteiger partial charge >= 0.3 is 0 Å². The average Bonchev–Trinajstić information content (AvgIpc) is 2.71. The first kappa shape index (κ1) is 17.3. The number of sulfonamides is 1. The van der Waals surface area contributed by atoms with Crippen molar-refractivity contribution in [2.75, 3.05) is 18.1 Å². The lowest BCUT2D eigenvalue weighted by Crippen LogP contribution is -2.36. The minimum Gasteiger partial charge on any atom is -0.314 e. The lowest BCUT2D eigenvalue weighted by molar-refractivity contribution is 0.542. The maximum atomic E-state index is 12.0. The average molecular weight is 309 g/mol. The van der Waals surface area contributed by atoms with Crippen molar-refractivity contribution in [2.24, 2.45) is 0 Å². The van der Waals surface area contributed by atoms with Crippen molar-refractivity contribution in [3.05, 3.63) is 0 Å². The Kier molecular flexibility index (Phi) is 7.72. The van der Waals surface area contributed by atoms with Gasteiger partial charge in [0.2, 0.25) is 10.0 Å². The molecule has 1 aliphatic carbocycles. The Hall–Kier alpha value is 0.220. The van der Waals surface area contributed by atoms with Gasteiger partial charge < -0.3 is 5.32 Å². The first-order valence-electron chi connectivity index (χ1n) is 7.28. The van der Waals surface area contributed by atoms with Crippen molar-refractivity contribution in [1.29, 1.82) is 0 Å². The van der Waals surface area contributed by atoms with Crippen LogP contribution in [0.4, 0.5) is 0 Å². The number of hydrogen-bond donors (Lipinski definition) is 2. The molecule has 0 heterocycles. The number of nitrogens with one attached hydrogen (secondary N) is 2. The minimum absolute atomic E-state index is 0.159. The molecule has 19 heavy (non-hydrogen) atoms. The molecule has 0 aromatic carbocycles. The van der Waals surface area contributed by atoms with Crippen molar-refractivity contribution in [3.63, 3.8) is 0 Å². The summed E-state index contributed by atoms with van der Waals surface area (Å²) in [7, 11) is -3.10. The molecule has 2 atom stereocenters. The molecule has 0 aliphatic heterocycles. The molecule has 0 aromatic rings. The van der Waals surface area contributed by atoms with Crippen LogP contribution in [-0.4, -0.2) is 43.8 Å². The Balaban J connectivity index is 2.23. The normalized spacial score (nSPS) is 24.2. The van der Waals surface area contributed by atoms with E-state index >= 15 is 0 Å². The maximum Gasteiger partial charge on any atom is 0.211 e. The van der Waals surface area contributed by atoms with Gasteiger partial charge in [-0.15, -0.1) is 0 Å². The standard InChI is InChI=1S/C13H28N2O2S2/c1-4-18-13-7-6-12(10-13)15-19(16,17)9-5-8-14-11(2)3/h11-15H,4-10H2,1-3H3. The highest BCUT2D eigenvalue weighted by Crippen LogP contribution is 2.29. The molecule has 1 rings (SSSR count). The molecule has 0 aromatic heterocycles. The molecular formula is C13H28N2O2S2. The predicted octanol–water partition coefficient (Wildman–Crippen LogP) is 1.97. The van der Waals surface area contributed by atoms with Crippen LogP contribution in [-0.2, 0) is 10.0 Å². The zero-order chi connectivity index (χ0) is 14.3. The second kappa shape index (κ2) is 8.49. The highest BCUT2D eigenvalue weighted by atomic mass is 32.2. The van der Waals surface area contributed by atoms with E-state index in [1.54, 1.807) is 0 Å². The number of hydrogen-bond acceptors (Lipinski definition) is 4. The molecule has 1 aliphatic rings. The SMILES string of the molecule is CCSC1CCC(NS(=O)(=O)CCCNC(C)C)C1. The van der Waals surface area contributed by atoms with Crippen LogP contribution >= 0.6 is 11.8 Å². The van der Waals surface area contributed by atoms with Crippen LogP contribution < -0.4 is 10.0 Å². The summed E-state index contributed by atoms with van der Waals surface area (Å²) in [5.74, 6) is 1.35. The van der Waals surface area contributed by atoms with Crippen LogP contribution in [0.15, 0.2) is 0 Å². The van der Waals surface area contributed by atoms with Gasteiger partial charge in [-0.1, -0.05) is 20.8 Å². The molecule has 0 amide bonds. The quantitative estimate of drug-likeness (QED) is 0.639. The zero-order valence-corrected chi connectivity index (χ0v) is 13.9. The van der Waals surface area contributed by atoms with E-state index in [4.69, 9.17) is 0 Å². The molecule has 0 radical (unpaired) electrons. The lowest BCUT2D eigenvalue weighted by Gasteiger charge is -2.14. The lowest BCUT2D eigenvalue weighted by atomic mass is 10.3. The summed E-state index contributed by atoms with van der Waals surface area (Å²) in [4.78, 5) is 0. The fourth-order valence-electron chi connectivity index (χ4n) is 2.40. The van der Waals surface area contributed by atoms with Crippen LogP contribution in [0.3, 0.4) is 0 Å². The predicted molar refractivity (Wildman–Crippen MR) is 84.2 cm³/mol. The van der Waals surface area contributed by atoms with E-state index in [1.165, 1.54) is 0 Å². The molecule has 1 saturated carbocycles. The molecule has 2 N–H and O–H groups in total. The van der Waals surface area contributed by atoms with Gasteiger partial charge in [0.25, 0.3) is 0 Å². The van der Waals surface area contributed by atoms with Gasteiger partial charge in [0.1, 0.15) is 0 Å². The zero-order valence-electron chi connectivity index (χ0n) is 12.3. The summed E-state index contributed by atoms with van der Waals surface area (Å²) in [6.45, 7) is 7.05. The third kappa shape index (κ3) is 7.54. The molecule has 1 fully saturated rings. The Morgan fingerprint density at radius 2 is 2.05 bits per heavy atom. The maximum absolute atomic E-state index is 12.0. The first-order valence-corrected chi connectivity index (χ1v) is 9.98. The Morgan fingerprint density at radius 1 is 1.32 bits per heavy atom. The molecule has 0 bridgehead atoms. The fraction of sp³-hybridized carbons (Fsp3) is 1.00. The van der Waals surface area contributed by atoms with E-state index in [9.17, 15) is 8.42 Å². The van der Waals surface area contributed by atoms with Crippen LogP contribution in [0.2, 0.25) is 0 Å². The Morgan fingerprint density at radius 3 is 2.68 bits per heavy atom. The summed E-state index contributed by atoms with van der Waals surface area (Å²) in [6, 6.07) is 0.574. The van der Waals surface area contributed by atoms with E-state index in [0.29, 0.717) is 17.7 Å². The van der Waals surface area contributed by atoms with Crippen molar-refractivity contribution in [3.8, 4) is 0 Å². The van der Waals surface area contributed by atoms with E-state index in [-0.39, 0.29) is 11.8 Å². The van der Waals surface area contributed by atoms with Gasteiger partial charge in [0.05, 0.1) is 5.75 Å². The summed E-state index contributed by atoms with van der Waals surface area (Å²) < 4.78 is 26.8. The number of rotatable bonds is 9. The van der Waals surface area contributed by atoms with Crippen LogP contribution in [0.1, 0.15) is 46.5 Å². The largest absolute Gasteiger partial charge is 0.314 e. The van der Waals surface area contributed by atoms with Crippen molar-refractivity contribution < 1.29 is 8.42 Å². The smallest absolute Gasteiger partial charge is 0.211 e. The molecule has 0 saturated heterocycles. The minimum atomic E-state index is -3.10. The van der Waals surface area contributed by atoms with Gasteiger partial charge in [0.15, 0.2) is 0 Å². The fourth-order valence-corrected chi connectivity index (χ4v) is 4.91. The summed E-state index contributed by atoms with van der Waals surface area (Å²) >= 11 is 1.95. The summed E-state index contributed by atoms with van der Waals surface area (Å²) in [5, 5.41) is 3.88. The van der Waals surface area contributed by atoms with Crippen LogP contribution in [0, 0.1) is 0 Å². The van der Waals surface area contributed by atoms with Crippen molar-refractivity contribution in [1.82, 2.24) is 10.0 Å². The molecule has 2 unspecified atom stereocenters. The molecular weight excluding hydrogens is 280 g/mol. The van der Waals surface area contributed by atoms with E-state index < -0.39 is 10.0 Å². The Labute approximate surface area is 122 Å². The molecule has 4 nitrogen and oxygen atoms in total. The van der Waals surface area contributed by atoms with Crippen LogP contribution in [0.5, 0.6) is 0 Å². The summed E-state index contributed by atoms with van der Waals surface area (Å²) in [5.41, 5.74) is 0. The van der Waals surface area contributed by atoms with Crippen molar-refractivity contribution in [2.45, 2.75) is 63.8 Å². The van der Waals surface area contributed by atoms with E-state index in [1.807, 2.05) is 11.8 Å². The highest BCUT2D eigenvalue weighted by Gasteiger charge is 2.27. The van der Waals surface area contributed by atoms with Gasteiger partial charge in [-0.05, 0) is 38.0 Å². The van der Waals surface area contributed by atoms with E-state index in [2.05, 4.69) is 30.8 Å². The number of thioether (sulfide) groups is 1. The highest BCUT2D eigenvalue weighted by molar-refractivity contribution is 7.99. The first-order chi connectivity index (χ1) is 8.93. The summed E-state index contributed by atoms with van der Waals surface area (Å²) in [6.07, 6.45) is 3.79. The van der Waals surface area contributed by atoms with Crippen molar-refractivity contribution >= 4 is 21.8 Å². The topological polar surface area (TPSA) is 58.2 Å². The van der Waals surface area contributed by atoms with E-state index in [0.717, 1.165) is 31.6 Å². The van der Waals surface area contributed by atoms with Gasteiger partial charge in [-0.3, -0.25) is 0 Å². The second-order valence-corrected chi connectivity index (χ2v) is 8.94. The third-order valence-corrected chi connectivity index (χ3v) is 6.03.